The summed E-state index contributed by atoms with van der Waals surface area (Å²) in [7, 11) is -4.65. The Morgan fingerprint density at radius 3 is 2.30 bits per heavy atom. The fourth-order valence-electron chi connectivity index (χ4n) is 2.48. The molecule has 23 heavy (non-hydrogen) atoms. The van der Waals surface area contributed by atoms with Gasteiger partial charge in [0, 0.05) is 6.04 Å². The topological polar surface area (TPSA) is 46.2 Å². The minimum absolute atomic E-state index is 0.182. The lowest BCUT2D eigenvalue weighted by atomic mass is 9.98. The summed E-state index contributed by atoms with van der Waals surface area (Å²) in [5.41, 5.74) is 3.38. The molecule has 0 aliphatic heterocycles. The van der Waals surface area contributed by atoms with Gasteiger partial charge in [-0.15, -0.1) is 0 Å². The lowest BCUT2D eigenvalue weighted by molar-refractivity contribution is 0.235. The molecule has 1 unspecified atom stereocenters. The molecule has 2 aromatic carbocycles. The smallest absolute Gasteiger partial charge is 0.341 e. The molecule has 1 atom stereocenters. The van der Waals surface area contributed by atoms with Crippen molar-refractivity contribution in [2.45, 2.75) is 37.5 Å². The number of sulfone groups is 1. The third-order valence-electron chi connectivity index (χ3n) is 3.91. The van der Waals surface area contributed by atoms with E-state index in [2.05, 4.69) is 5.32 Å². The highest BCUT2D eigenvalue weighted by Crippen LogP contribution is 2.30. The average Bonchev–Trinajstić information content (AvgIpc) is 2.50. The molecular weight excluding hydrogens is 320 g/mol. The maximum Gasteiger partial charge on any atom is 0.341 e. The van der Waals surface area contributed by atoms with Crippen LogP contribution in [-0.2, 0) is 9.84 Å². The second-order valence-corrected chi connectivity index (χ2v) is 7.34. The lowest BCUT2D eigenvalue weighted by Gasteiger charge is -2.21. The maximum absolute atomic E-state index is 12.8. The van der Waals surface area contributed by atoms with E-state index >= 15 is 0 Å². The summed E-state index contributed by atoms with van der Waals surface area (Å²) in [5.74, 6) is -3.44. The molecule has 0 heterocycles. The highest BCUT2D eigenvalue weighted by atomic mass is 32.2. The largest absolute Gasteiger partial charge is 0.377 e. The molecule has 0 amide bonds. The van der Waals surface area contributed by atoms with E-state index in [1.165, 1.54) is 18.2 Å². The van der Waals surface area contributed by atoms with E-state index in [4.69, 9.17) is 0 Å². The van der Waals surface area contributed by atoms with Gasteiger partial charge in [-0.05, 0) is 49.6 Å². The van der Waals surface area contributed by atoms with Crippen molar-refractivity contribution in [2.24, 2.45) is 0 Å². The third kappa shape index (κ3) is 3.52. The summed E-state index contributed by atoms with van der Waals surface area (Å²) >= 11 is 0. The zero-order valence-corrected chi connectivity index (χ0v) is 14.0. The summed E-state index contributed by atoms with van der Waals surface area (Å²) in [4.78, 5) is -0.382. The van der Waals surface area contributed by atoms with Gasteiger partial charge >= 0.3 is 5.76 Å². The minimum Gasteiger partial charge on any atom is -0.377 e. The first-order chi connectivity index (χ1) is 10.7. The fourth-order valence-corrected chi connectivity index (χ4v) is 3.38. The number of halogens is 2. The highest BCUT2D eigenvalue weighted by Gasteiger charge is 2.29. The Kier molecular flexibility index (Phi) is 5.04. The molecule has 0 fully saturated rings. The molecule has 0 spiro atoms. The van der Waals surface area contributed by atoms with Crippen LogP contribution in [0.4, 0.5) is 14.5 Å². The second-order valence-electron chi connectivity index (χ2n) is 5.46. The molecular formula is C17H19F2NO2S. The van der Waals surface area contributed by atoms with Crippen molar-refractivity contribution >= 4 is 15.5 Å². The van der Waals surface area contributed by atoms with Crippen LogP contribution in [0.2, 0.25) is 0 Å². The molecule has 6 heteroatoms. The Morgan fingerprint density at radius 2 is 1.65 bits per heavy atom. The van der Waals surface area contributed by atoms with Crippen LogP contribution in [0.1, 0.15) is 29.7 Å². The van der Waals surface area contributed by atoms with Gasteiger partial charge in [-0.1, -0.05) is 30.3 Å². The molecule has 0 saturated carbocycles. The molecule has 3 nitrogen and oxygen atoms in total. The minimum atomic E-state index is -4.65. The van der Waals surface area contributed by atoms with E-state index < -0.39 is 15.6 Å². The van der Waals surface area contributed by atoms with Crippen LogP contribution < -0.4 is 5.32 Å². The molecule has 124 valence electrons. The first-order valence-corrected chi connectivity index (χ1v) is 8.73. The van der Waals surface area contributed by atoms with Gasteiger partial charge in [0.05, 0.1) is 10.6 Å². The van der Waals surface area contributed by atoms with E-state index in [1.54, 1.807) is 6.07 Å². The number of hydrogen-bond donors (Lipinski definition) is 1. The third-order valence-corrected chi connectivity index (χ3v) is 5.35. The van der Waals surface area contributed by atoms with Gasteiger partial charge in [-0.25, -0.2) is 8.42 Å². The van der Waals surface area contributed by atoms with Gasteiger partial charge in [-0.2, -0.15) is 8.78 Å². The summed E-state index contributed by atoms with van der Waals surface area (Å²) < 4.78 is 49.3. The van der Waals surface area contributed by atoms with Gasteiger partial charge in [0.15, 0.2) is 0 Å². The lowest BCUT2D eigenvalue weighted by Crippen LogP contribution is -2.16. The van der Waals surface area contributed by atoms with Gasteiger partial charge in [0.1, 0.15) is 0 Å². The molecule has 0 bridgehead atoms. The summed E-state index contributed by atoms with van der Waals surface area (Å²) in [6.45, 7) is 5.83. The zero-order valence-electron chi connectivity index (χ0n) is 13.2. The SMILES string of the molecule is Cc1cccc(C(C)Nc2ccccc2S(=O)(=O)C(F)F)c1C. The Balaban J connectivity index is 2.40. The van der Waals surface area contributed by atoms with Gasteiger partial charge < -0.3 is 5.32 Å². The molecule has 0 aromatic heterocycles. The second kappa shape index (κ2) is 6.66. The molecule has 0 aliphatic rings. The average molecular weight is 339 g/mol. The van der Waals surface area contributed by atoms with Crippen molar-refractivity contribution in [3.8, 4) is 0 Å². The number of anilines is 1. The van der Waals surface area contributed by atoms with E-state index in [9.17, 15) is 17.2 Å². The van der Waals surface area contributed by atoms with Crippen LogP contribution in [-0.4, -0.2) is 14.2 Å². The van der Waals surface area contributed by atoms with Crippen LogP contribution >= 0.6 is 0 Å². The number of rotatable bonds is 5. The van der Waals surface area contributed by atoms with Gasteiger partial charge in [0.25, 0.3) is 0 Å². The normalized spacial score (nSPS) is 13.1. The van der Waals surface area contributed by atoms with Crippen molar-refractivity contribution < 1.29 is 17.2 Å². The standard InChI is InChI=1S/C17H19F2NO2S/c1-11-7-6-8-14(12(11)2)13(3)20-15-9-4-5-10-16(15)23(21,22)17(18)19/h4-10,13,17,20H,1-3H3. The number of hydrogen-bond acceptors (Lipinski definition) is 3. The predicted octanol–water partition coefficient (Wildman–Crippen LogP) is 4.47. The van der Waals surface area contributed by atoms with Crippen molar-refractivity contribution in [1.29, 1.82) is 0 Å². The summed E-state index contributed by atoms with van der Waals surface area (Å²) in [6.07, 6.45) is 0. The maximum atomic E-state index is 12.8. The Bertz CT molecular complexity index is 804. The van der Waals surface area contributed by atoms with Crippen LogP contribution in [0, 0.1) is 13.8 Å². The molecule has 2 aromatic rings. The van der Waals surface area contributed by atoms with Crippen molar-refractivity contribution in [3.63, 3.8) is 0 Å². The molecule has 2 rings (SSSR count). The monoisotopic (exact) mass is 339 g/mol. The molecule has 0 saturated heterocycles. The van der Waals surface area contributed by atoms with Crippen molar-refractivity contribution in [1.82, 2.24) is 0 Å². The quantitative estimate of drug-likeness (QED) is 0.874. The molecule has 1 N–H and O–H groups in total. The Morgan fingerprint density at radius 1 is 1.00 bits per heavy atom. The summed E-state index contributed by atoms with van der Waals surface area (Å²) in [6, 6.07) is 11.4. The van der Waals surface area contributed by atoms with E-state index in [0.717, 1.165) is 16.7 Å². The fraction of sp³-hybridized carbons (Fsp3) is 0.294. The number of nitrogens with one attached hydrogen (secondary N) is 1. The van der Waals surface area contributed by atoms with Crippen LogP contribution in [0.5, 0.6) is 0 Å². The van der Waals surface area contributed by atoms with Gasteiger partial charge in [0.2, 0.25) is 9.84 Å². The zero-order chi connectivity index (χ0) is 17.2. The number of aryl methyl sites for hydroxylation is 1. The Labute approximate surface area is 135 Å². The highest BCUT2D eigenvalue weighted by molar-refractivity contribution is 7.91. The predicted molar refractivity (Wildman–Crippen MR) is 87.6 cm³/mol. The first kappa shape index (κ1) is 17.4. The van der Waals surface area contributed by atoms with Gasteiger partial charge in [-0.3, -0.25) is 0 Å². The van der Waals surface area contributed by atoms with E-state index in [1.807, 2.05) is 39.0 Å². The van der Waals surface area contributed by atoms with Crippen LogP contribution in [0.25, 0.3) is 0 Å². The number of benzene rings is 2. The molecule has 0 aliphatic carbocycles. The Hall–Kier alpha value is -1.95. The van der Waals surface area contributed by atoms with E-state index in [-0.39, 0.29) is 16.6 Å². The summed E-state index contributed by atoms with van der Waals surface area (Å²) in [5, 5.41) is 3.04. The first-order valence-electron chi connectivity index (χ1n) is 7.19. The number of alkyl halides is 2. The van der Waals surface area contributed by atoms with Crippen LogP contribution in [0.3, 0.4) is 0 Å². The number of para-hydroxylation sites is 1. The molecule has 0 radical (unpaired) electrons. The van der Waals surface area contributed by atoms with E-state index in [0.29, 0.717) is 0 Å². The van der Waals surface area contributed by atoms with Crippen molar-refractivity contribution in [3.05, 3.63) is 59.2 Å². The van der Waals surface area contributed by atoms with Crippen LogP contribution in [0.15, 0.2) is 47.4 Å². The van der Waals surface area contributed by atoms with Crippen molar-refractivity contribution in [2.75, 3.05) is 5.32 Å².